The maximum absolute atomic E-state index is 12.1. The molecule has 2 aliphatic rings. The van der Waals surface area contributed by atoms with Gasteiger partial charge in [0.2, 0.25) is 5.91 Å². The summed E-state index contributed by atoms with van der Waals surface area (Å²) in [6.45, 7) is 5.32. The highest BCUT2D eigenvalue weighted by Crippen LogP contribution is 2.39. The average Bonchev–Trinajstić information content (AvgIpc) is 2.91. The fourth-order valence-corrected chi connectivity index (χ4v) is 3.51. The molecule has 0 bridgehead atoms. The van der Waals surface area contributed by atoms with Crippen LogP contribution in [0.2, 0.25) is 0 Å². The predicted octanol–water partition coefficient (Wildman–Crippen LogP) is 3.08. The van der Waals surface area contributed by atoms with Gasteiger partial charge in [0, 0.05) is 25.3 Å². The lowest BCUT2D eigenvalue weighted by molar-refractivity contribution is -0.128. The molecule has 0 spiro atoms. The minimum atomic E-state index is 0.0667. The van der Waals surface area contributed by atoms with Gasteiger partial charge < -0.3 is 5.32 Å². The summed E-state index contributed by atoms with van der Waals surface area (Å²) >= 11 is 0. The number of carbonyl (C=O) groups is 2. The molecule has 2 saturated carbocycles. The van der Waals surface area contributed by atoms with E-state index in [1.165, 1.54) is 25.7 Å². The van der Waals surface area contributed by atoms with Crippen LogP contribution in [0.15, 0.2) is 0 Å². The van der Waals surface area contributed by atoms with Crippen molar-refractivity contribution in [2.45, 2.75) is 65.2 Å². The van der Waals surface area contributed by atoms with Gasteiger partial charge in [-0.3, -0.25) is 9.59 Å². The summed E-state index contributed by atoms with van der Waals surface area (Å²) in [6.07, 6.45) is 7.96. The zero-order chi connectivity index (χ0) is 13.9. The van der Waals surface area contributed by atoms with Crippen LogP contribution in [0.1, 0.15) is 65.2 Å². The van der Waals surface area contributed by atoms with Crippen molar-refractivity contribution in [2.24, 2.45) is 17.3 Å². The second-order valence-corrected chi connectivity index (χ2v) is 7.00. The summed E-state index contributed by atoms with van der Waals surface area (Å²) in [4.78, 5) is 23.3. The Morgan fingerprint density at radius 1 is 1.16 bits per heavy atom. The van der Waals surface area contributed by atoms with Gasteiger partial charge in [-0.2, -0.15) is 0 Å². The van der Waals surface area contributed by atoms with E-state index in [9.17, 15) is 9.59 Å². The van der Waals surface area contributed by atoms with Crippen LogP contribution in [0, 0.1) is 17.3 Å². The molecule has 2 rings (SSSR count). The lowest BCUT2D eigenvalue weighted by Crippen LogP contribution is -2.41. The highest BCUT2D eigenvalue weighted by atomic mass is 16.2. The van der Waals surface area contributed by atoms with Crippen LogP contribution in [0.25, 0.3) is 0 Å². The third-order valence-corrected chi connectivity index (χ3v) is 5.09. The normalized spacial score (nSPS) is 22.7. The molecular formula is C16H27NO2. The Morgan fingerprint density at radius 3 is 2.32 bits per heavy atom. The van der Waals surface area contributed by atoms with Gasteiger partial charge in [-0.15, -0.1) is 0 Å². The van der Waals surface area contributed by atoms with Crippen molar-refractivity contribution in [1.29, 1.82) is 0 Å². The minimum absolute atomic E-state index is 0.0667. The van der Waals surface area contributed by atoms with Crippen LogP contribution in [0.4, 0.5) is 0 Å². The Balaban J connectivity index is 1.77. The predicted molar refractivity (Wildman–Crippen MR) is 75.7 cm³/mol. The van der Waals surface area contributed by atoms with Gasteiger partial charge in [0.15, 0.2) is 0 Å². The maximum Gasteiger partial charge on any atom is 0.223 e. The number of rotatable bonds is 4. The van der Waals surface area contributed by atoms with E-state index in [-0.39, 0.29) is 17.2 Å². The van der Waals surface area contributed by atoms with Crippen molar-refractivity contribution in [3.63, 3.8) is 0 Å². The van der Waals surface area contributed by atoms with Gasteiger partial charge in [0.05, 0.1) is 0 Å². The first-order chi connectivity index (χ1) is 8.99. The van der Waals surface area contributed by atoms with Gasteiger partial charge in [0.1, 0.15) is 5.78 Å². The zero-order valence-electron chi connectivity index (χ0n) is 12.3. The number of hydrogen-bond acceptors (Lipinski definition) is 2. The molecule has 0 saturated heterocycles. The Labute approximate surface area is 116 Å². The quantitative estimate of drug-likeness (QED) is 0.849. The summed E-state index contributed by atoms with van der Waals surface area (Å²) in [6, 6.07) is 0. The van der Waals surface area contributed by atoms with E-state index in [0.29, 0.717) is 18.6 Å². The molecule has 2 aliphatic carbocycles. The second kappa shape index (κ2) is 6.06. The molecule has 0 heterocycles. The molecule has 1 N–H and O–H groups in total. The average molecular weight is 265 g/mol. The van der Waals surface area contributed by atoms with Crippen LogP contribution < -0.4 is 5.32 Å². The van der Waals surface area contributed by atoms with Crippen molar-refractivity contribution >= 4 is 11.7 Å². The summed E-state index contributed by atoms with van der Waals surface area (Å²) in [5.41, 5.74) is 0.205. The zero-order valence-corrected chi connectivity index (χ0v) is 12.3. The first-order valence-electron chi connectivity index (χ1n) is 7.78. The molecule has 0 aromatic heterocycles. The molecule has 19 heavy (non-hydrogen) atoms. The minimum Gasteiger partial charge on any atom is -0.355 e. The van der Waals surface area contributed by atoms with Crippen LogP contribution in [-0.2, 0) is 9.59 Å². The van der Waals surface area contributed by atoms with E-state index in [1.807, 2.05) is 0 Å². The maximum atomic E-state index is 12.1. The van der Waals surface area contributed by atoms with Gasteiger partial charge in [-0.05, 0) is 37.0 Å². The van der Waals surface area contributed by atoms with Crippen molar-refractivity contribution < 1.29 is 9.59 Å². The fourth-order valence-electron chi connectivity index (χ4n) is 3.51. The number of carbonyl (C=O) groups excluding carboxylic acids is 2. The summed E-state index contributed by atoms with van der Waals surface area (Å²) < 4.78 is 0. The van der Waals surface area contributed by atoms with E-state index in [2.05, 4.69) is 19.2 Å². The molecule has 0 aliphatic heterocycles. The van der Waals surface area contributed by atoms with E-state index in [0.717, 1.165) is 25.3 Å². The van der Waals surface area contributed by atoms with Crippen molar-refractivity contribution in [1.82, 2.24) is 5.32 Å². The Bertz CT molecular complexity index is 333. The topological polar surface area (TPSA) is 46.2 Å². The summed E-state index contributed by atoms with van der Waals surface area (Å²) in [5, 5.41) is 3.13. The highest BCUT2D eigenvalue weighted by molar-refractivity contribution is 5.84. The van der Waals surface area contributed by atoms with Gasteiger partial charge >= 0.3 is 0 Å². The van der Waals surface area contributed by atoms with E-state index < -0.39 is 0 Å². The number of hydrogen-bond donors (Lipinski definition) is 1. The standard InChI is InChI=1S/C16H27NO2/c1-16(2,13-5-3-4-6-13)11-17-15(19)12-7-9-14(18)10-8-12/h12-13H,3-11H2,1-2H3,(H,17,19). The van der Waals surface area contributed by atoms with Gasteiger partial charge in [-0.1, -0.05) is 26.7 Å². The number of amides is 1. The van der Waals surface area contributed by atoms with Crippen molar-refractivity contribution in [2.75, 3.05) is 6.54 Å². The first kappa shape index (κ1) is 14.5. The Morgan fingerprint density at radius 2 is 1.74 bits per heavy atom. The third kappa shape index (κ3) is 3.80. The molecule has 3 nitrogen and oxygen atoms in total. The largest absolute Gasteiger partial charge is 0.355 e. The van der Waals surface area contributed by atoms with Crippen molar-refractivity contribution in [3.8, 4) is 0 Å². The molecule has 0 atom stereocenters. The fraction of sp³-hybridized carbons (Fsp3) is 0.875. The summed E-state index contributed by atoms with van der Waals surface area (Å²) in [5.74, 6) is 1.30. The first-order valence-corrected chi connectivity index (χ1v) is 7.78. The molecule has 108 valence electrons. The molecule has 0 unspecified atom stereocenters. The van der Waals surface area contributed by atoms with E-state index >= 15 is 0 Å². The van der Waals surface area contributed by atoms with Crippen LogP contribution in [0.5, 0.6) is 0 Å². The lowest BCUT2D eigenvalue weighted by Gasteiger charge is -2.32. The number of Topliss-reactive ketones (excluding diaryl/α,β-unsaturated/α-hetero) is 1. The second-order valence-electron chi connectivity index (χ2n) is 7.00. The van der Waals surface area contributed by atoms with Crippen LogP contribution in [0.3, 0.4) is 0 Å². The van der Waals surface area contributed by atoms with Crippen LogP contribution in [-0.4, -0.2) is 18.2 Å². The Kier molecular flexibility index (Phi) is 4.64. The number of ketones is 1. The van der Waals surface area contributed by atoms with Crippen LogP contribution >= 0.6 is 0 Å². The third-order valence-electron chi connectivity index (χ3n) is 5.09. The van der Waals surface area contributed by atoms with E-state index in [1.54, 1.807) is 0 Å². The van der Waals surface area contributed by atoms with Crippen molar-refractivity contribution in [3.05, 3.63) is 0 Å². The summed E-state index contributed by atoms with van der Waals surface area (Å²) in [7, 11) is 0. The molecule has 0 radical (unpaired) electrons. The highest BCUT2D eigenvalue weighted by Gasteiger charge is 2.33. The molecule has 0 aromatic carbocycles. The lowest BCUT2D eigenvalue weighted by atomic mass is 9.77. The molecule has 0 aromatic rings. The van der Waals surface area contributed by atoms with Gasteiger partial charge in [0.25, 0.3) is 0 Å². The smallest absolute Gasteiger partial charge is 0.223 e. The monoisotopic (exact) mass is 265 g/mol. The van der Waals surface area contributed by atoms with E-state index in [4.69, 9.17) is 0 Å². The number of nitrogens with one attached hydrogen (secondary N) is 1. The molecule has 2 fully saturated rings. The molecule has 3 heteroatoms. The molecule has 1 amide bonds. The SMILES string of the molecule is CC(C)(CNC(=O)C1CCC(=O)CC1)C1CCCC1. The Hall–Kier alpha value is -0.860. The molecular weight excluding hydrogens is 238 g/mol. The van der Waals surface area contributed by atoms with Gasteiger partial charge in [-0.25, -0.2) is 0 Å².